The number of aryl methyl sites for hydroxylation is 3. The van der Waals surface area contributed by atoms with Gasteiger partial charge in [0.05, 0.1) is 11.4 Å². The molecule has 0 bridgehead atoms. The lowest BCUT2D eigenvalue weighted by Crippen LogP contribution is -1.92. The molecule has 0 spiro atoms. The average Bonchev–Trinajstić information content (AvgIpc) is 3.01. The molecular formula is C15H14N2S. The second-order valence-corrected chi connectivity index (χ2v) is 5.92. The van der Waals surface area contributed by atoms with Crippen molar-refractivity contribution in [1.82, 2.24) is 9.38 Å². The highest BCUT2D eigenvalue weighted by molar-refractivity contribution is 7.17. The number of rotatable bonds is 1. The fourth-order valence-electron chi connectivity index (χ4n) is 2.91. The van der Waals surface area contributed by atoms with Crippen molar-refractivity contribution in [2.24, 2.45) is 0 Å². The molecule has 4 rings (SSSR count). The first-order valence-electron chi connectivity index (χ1n) is 6.39. The predicted molar refractivity (Wildman–Crippen MR) is 75.3 cm³/mol. The molecule has 0 atom stereocenters. The second-order valence-electron chi connectivity index (χ2n) is 4.86. The zero-order valence-corrected chi connectivity index (χ0v) is 11.1. The fraction of sp³-hybridized carbons (Fsp3) is 0.267. The summed E-state index contributed by atoms with van der Waals surface area (Å²) >= 11 is 1.87. The van der Waals surface area contributed by atoms with Gasteiger partial charge in [-0.15, -0.1) is 11.3 Å². The Morgan fingerprint density at radius 2 is 2.00 bits per heavy atom. The van der Waals surface area contributed by atoms with E-state index in [-0.39, 0.29) is 0 Å². The van der Waals surface area contributed by atoms with Gasteiger partial charge in [0.2, 0.25) is 0 Å². The number of fused-ring (bicyclic) bond motifs is 3. The van der Waals surface area contributed by atoms with E-state index in [1.54, 1.807) is 0 Å². The molecule has 2 heterocycles. The minimum atomic E-state index is 1.14. The van der Waals surface area contributed by atoms with Crippen molar-refractivity contribution in [3.05, 3.63) is 46.6 Å². The van der Waals surface area contributed by atoms with Crippen molar-refractivity contribution >= 4 is 16.3 Å². The van der Waals surface area contributed by atoms with Gasteiger partial charge in [0.15, 0.2) is 4.96 Å². The quantitative estimate of drug-likeness (QED) is 0.644. The Morgan fingerprint density at radius 1 is 1.17 bits per heavy atom. The molecule has 0 amide bonds. The van der Waals surface area contributed by atoms with E-state index in [1.165, 1.54) is 41.1 Å². The summed E-state index contributed by atoms with van der Waals surface area (Å²) in [4.78, 5) is 7.43. The van der Waals surface area contributed by atoms with Gasteiger partial charge in [-0.2, -0.15) is 0 Å². The summed E-state index contributed by atoms with van der Waals surface area (Å²) in [7, 11) is 0. The Balaban J connectivity index is 2.07. The van der Waals surface area contributed by atoms with E-state index in [9.17, 15) is 0 Å². The number of hydrogen-bond donors (Lipinski definition) is 0. The van der Waals surface area contributed by atoms with Crippen LogP contribution < -0.4 is 0 Å². The first-order chi connectivity index (χ1) is 8.84. The van der Waals surface area contributed by atoms with E-state index in [1.807, 2.05) is 11.3 Å². The Morgan fingerprint density at radius 3 is 2.83 bits per heavy atom. The van der Waals surface area contributed by atoms with E-state index >= 15 is 0 Å². The van der Waals surface area contributed by atoms with Crippen LogP contribution in [0.4, 0.5) is 0 Å². The van der Waals surface area contributed by atoms with Crippen LogP contribution in [0.5, 0.6) is 0 Å². The van der Waals surface area contributed by atoms with Gasteiger partial charge in [0.25, 0.3) is 0 Å². The predicted octanol–water partition coefficient (Wildman–Crippen LogP) is 3.86. The molecule has 3 heteroatoms. The fourth-order valence-corrected chi connectivity index (χ4v) is 4.17. The van der Waals surface area contributed by atoms with Crippen LogP contribution in [0.25, 0.3) is 16.2 Å². The standard InChI is InChI=1S/C15H14N2S/c1-10-14(11-6-3-2-4-7-11)17-12-8-5-9-13(12)18-15(17)16-10/h2-4,6-7H,5,8-9H2,1H3. The summed E-state index contributed by atoms with van der Waals surface area (Å²) in [5.41, 5.74) is 5.19. The average molecular weight is 254 g/mol. The van der Waals surface area contributed by atoms with Gasteiger partial charge in [-0.1, -0.05) is 30.3 Å². The van der Waals surface area contributed by atoms with Crippen molar-refractivity contribution in [2.45, 2.75) is 26.2 Å². The lowest BCUT2D eigenvalue weighted by Gasteiger charge is -2.03. The van der Waals surface area contributed by atoms with Gasteiger partial charge in [0.1, 0.15) is 0 Å². The summed E-state index contributed by atoms with van der Waals surface area (Å²) in [6, 6.07) is 10.6. The minimum Gasteiger partial charge on any atom is -0.287 e. The van der Waals surface area contributed by atoms with Crippen LogP contribution >= 0.6 is 11.3 Å². The van der Waals surface area contributed by atoms with Crippen LogP contribution in [0.15, 0.2) is 30.3 Å². The molecule has 0 saturated heterocycles. The minimum absolute atomic E-state index is 1.14. The molecule has 1 aliphatic rings. The topological polar surface area (TPSA) is 17.3 Å². The highest BCUT2D eigenvalue weighted by Crippen LogP contribution is 2.36. The van der Waals surface area contributed by atoms with Crippen LogP contribution in [-0.4, -0.2) is 9.38 Å². The number of benzene rings is 1. The maximum atomic E-state index is 4.73. The molecule has 0 unspecified atom stereocenters. The number of thiazole rings is 1. The number of aromatic nitrogens is 2. The van der Waals surface area contributed by atoms with Crippen LogP contribution in [0.2, 0.25) is 0 Å². The van der Waals surface area contributed by atoms with Crippen molar-refractivity contribution < 1.29 is 0 Å². The normalized spacial score (nSPS) is 14.3. The molecule has 2 aromatic heterocycles. The highest BCUT2D eigenvalue weighted by Gasteiger charge is 2.22. The summed E-state index contributed by atoms with van der Waals surface area (Å²) in [6.45, 7) is 2.11. The van der Waals surface area contributed by atoms with Crippen molar-refractivity contribution in [2.75, 3.05) is 0 Å². The smallest absolute Gasteiger partial charge is 0.194 e. The monoisotopic (exact) mass is 254 g/mol. The molecule has 0 fully saturated rings. The van der Waals surface area contributed by atoms with Crippen LogP contribution in [0.1, 0.15) is 22.7 Å². The SMILES string of the molecule is Cc1nc2sc3c(n2c1-c1ccccc1)CCC3. The van der Waals surface area contributed by atoms with Gasteiger partial charge in [0, 0.05) is 16.1 Å². The van der Waals surface area contributed by atoms with Crippen LogP contribution in [-0.2, 0) is 12.8 Å². The van der Waals surface area contributed by atoms with Crippen LogP contribution in [0, 0.1) is 6.92 Å². The van der Waals surface area contributed by atoms with E-state index in [4.69, 9.17) is 4.98 Å². The molecule has 1 aromatic carbocycles. The number of nitrogens with zero attached hydrogens (tertiary/aromatic N) is 2. The van der Waals surface area contributed by atoms with E-state index in [0.717, 1.165) is 10.7 Å². The molecule has 0 aliphatic heterocycles. The molecule has 1 aliphatic carbocycles. The number of imidazole rings is 1. The third-order valence-electron chi connectivity index (χ3n) is 3.69. The van der Waals surface area contributed by atoms with E-state index in [2.05, 4.69) is 41.7 Å². The molecule has 2 nitrogen and oxygen atoms in total. The Bertz CT molecular complexity index is 722. The first kappa shape index (κ1) is 10.3. The molecular weight excluding hydrogens is 240 g/mol. The summed E-state index contributed by atoms with van der Waals surface area (Å²) < 4.78 is 2.39. The maximum Gasteiger partial charge on any atom is 0.194 e. The van der Waals surface area contributed by atoms with Crippen molar-refractivity contribution in [3.63, 3.8) is 0 Å². The van der Waals surface area contributed by atoms with Crippen LogP contribution in [0.3, 0.4) is 0 Å². The third-order valence-corrected chi connectivity index (χ3v) is 4.83. The lowest BCUT2D eigenvalue weighted by atomic mass is 10.1. The molecule has 0 N–H and O–H groups in total. The van der Waals surface area contributed by atoms with E-state index in [0.29, 0.717) is 0 Å². The zero-order chi connectivity index (χ0) is 12.1. The third kappa shape index (κ3) is 1.31. The zero-order valence-electron chi connectivity index (χ0n) is 10.3. The Hall–Kier alpha value is -1.61. The van der Waals surface area contributed by atoms with Gasteiger partial charge in [-0.05, 0) is 26.2 Å². The Kier molecular flexibility index (Phi) is 2.12. The van der Waals surface area contributed by atoms with Gasteiger partial charge >= 0.3 is 0 Å². The highest BCUT2D eigenvalue weighted by atomic mass is 32.1. The lowest BCUT2D eigenvalue weighted by molar-refractivity contribution is 0.889. The van der Waals surface area contributed by atoms with Gasteiger partial charge < -0.3 is 0 Å². The van der Waals surface area contributed by atoms with Gasteiger partial charge in [-0.25, -0.2) is 4.98 Å². The van der Waals surface area contributed by atoms with Crippen molar-refractivity contribution in [3.8, 4) is 11.3 Å². The second kappa shape index (κ2) is 3.69. The Labute approximate surface area is 110 Å². The van der Waals surface area contributed by atoms with Crippen molar-refractivity contribution in [1.29, 1.82) is 0 Å². The first-order valence-corrected chi connectivity index (χ1v) is 7.21. The summed E-state index contributed by atoms with van der Waals surface area (Å²) in [6.07, 6.45) is 3.73. The number of hydrogen-bond acceptors (Lipinski definition) is 2. The largest absolute Gasteiger partial charge is 0.287 e. The van der Waals surface area contributed by atoms with E-state index < -0.39 is 0 Å². The molecule has 90 valence electrons. The maximum absolute atomic E-state index is 4.73. The molecule has 0 radical (unpaired) electrons. The molecule has 0 saturated carbocycles. The molecule has 18 heavy (non-hydrogen) atoms. The summed E-state index contributed by atoms with van der Waals surface area (Å²) in [5, 5.41) is 0. The van der Waals surface area contributed by atoms with Gasteiger partial charge in [-0.3, -0.25) is 4.40 Å². The molecule has 3 aromatic rings. The summed E-state index contributed by atoms with van der Waals surface area (Å²) in [5.74, 6) is 0.